The molecule has 3 amide bonds. The van der Waals surface area contributed by atoms with Crippen LogP contribution in [-0.4, -0.2) is 59.6 Å². The first-order valence-corrected chi connectivity index (χ1v) is 14.8. The number of nitrogens with zero attached hydrogens (tertiary/aromatic N) is 4. The normalized spacial score (nSPS) is 18.1. The van der Waals surface area contributed by atoms with Crippen molar-refractivity contribution < 1.29 is 27.2 Å². The lowest BCUT2D eigenvalue weighted by Gasteiger charge is -2.33. The number of hydrogen-bond acceptors (Lipinski definition) is 8. The Hall–Kier alpha value is -3.90. The summed E-state index contributed by atoms with van der Waals surface area (Å²) >= 11 is 6.19. The summed E-state index contributed by atoms with van der Waals surface area (Å²) in [6, 6.07) is 12.8. The van der Waals surface area contributed by atoms with Gasteiger partial charge < -0.3 is 4.90 Å². The number of aromatic nitrogens is 2. The van der Waals surface area contributed by atoms with E-state index in [0.29, 0.717) is 37.1 Å². The van der Waals surface area contributed by atoms with Crippen LogP contribution in [0, 0.1) is 11.9 Å². The molecule has 1 saturated heterocycles. The number of carbonyl (C=O) groups is 3. The fourth-order valence-electron chi connectivity index (χ4n) is 5.51. The highest BCUT2D eigenvalue weighted by Gasteiger charge is 2.41. The molecule has 1 atom stereocenters. The second-order valence-electron chi connectivity index (χ2n) is 10.7. The zero-order valence-corrected chi connectivity index (χ0v) is 23.9. The first-order chi connectivity index (χ1) is 19.4. The van der Waals surface area contributed by atoms with E-state index in [1.807, 2.05) is 23.5 Å². The van der Waals surface area contributed by atoms with Gasteiger partial charge in [-0.05, 0) is 75.4 Å². The third-order valence-corrected chi connectivity index (χ3v) is 8.81. The second-order valence-corrected chi connectivity index (χ2v) is 12.7. The molecular weight excluding hydrogens is 573 g/mol. The summed E-state index contributed by atoms with van der Waals surface area (Å²) in [5.41, 5.74) is 0.335. The monoisotopic (exact) mass is 599 g/mol. The Morgan fingerprint density at radius 2 is 1.73 bits per heavy atom. The quantitative estimate of drug-likeness (QED) is 0.303. The van der Waals surface area contributed by atoms with E-state index in [4.69, 9.17) is 11.6 Å². The van der Waals surface area contributed by atoms with Crippen LogP contribution in [0.4, 0.5) is 10.2 Å². The molecular formula is C28H27ClFN5O5S. The lowest BCUT2D eigenvalue weighted by Crippen LogP contribution is -2.41. The summed E-state index contributed by atoms with van der Waals surface area (Å²) < 4.78 is 40.9. The van der Waals surface area contributed by atoms with Crippen LogP contribution < -0.4 is 9.62 Å². The zero-order chi connectivity index (χ0) is 29.5. The maximum Gasteiger partial charge on any atom is 0.281 e. The molecule has 13 heteroatoms. The molecule has 0 bridgehead atoms. The molecule has 0 aliphatic carbocycles. The molecule has 0 spiro atoms. The highest BCUT2D eigenvalue weighted by Crippen LogP contribution is 2.40. The van der Waals surface area contributed by atoms with Crippen LogP contribution in [0.3, 0.4) is 0 Å². The lowest BCUT2D eigenvalue weighted by atomic mass is 9.93. The molecule has 2 aliphatic heterocycles. The Bertz CT molecular complexity index is 1630. The van der Waals surface area contributed by atoms with Gasteiger partial charge in [0.2, 0.25) is 5.95 Å². The first-order valence-electron chi connectivity index (χ1n) is 13.0. The largest absolute Gasteiger partial charge is 0.350 e. The fraction of sp³-hybridized carbons (Fsp3) is 0.321. The highest BCUT2D eigenvalue weighted by atomic mass is 35.5. The van der Waals surface area contributed by atoms with Crippen LogP contribution in [0.5, 0.6) is 0 Å². The van der Waals surface area contributed by atoms with Crippen LogP contribution >= 0.6 is 11.6 Å². The zero-order valence-electron chi connectivity index (χ0n) is 22.3. The van der Waals surface area contributed by atoms with Crippen molar-refractivity contribution in [1.29, 1.82) is 0 Å². The Labute approximate surface area is 241 Å². The number of pyridine rings is 2. The van der Waals surface area contributed by atoms with E-state index >= 15 is 0 Å². The number of hydrogen-bond donors (Lipinski definition) is 1. The van der Waals surface area contributed by atoms with Crippen molar-refractivity contribution in [3.05, 3.63) is 82.4 Å². The third kappa shape index (κ3) is 5.66. The Morgan fingerprint density at radius 1 is 1.05 bits per heavy atom. The molecule has 0 radical (unpaired) electrons. The average Bonchev–Trinajstić information content (AvgIpc) is 3.35. The number of amides is 3. The predicted octanol–water partition coefficient (Wildman–Crippen LogP) is 4.07. The van der Waals surface area contributed by atoms with Gasteiger partial charge in [-0.3, -0.25) is 19.3 Å². The lowest BCUT2D eigenvalue weighted by molar-refractivity contribution is 0.0649. The van der Waals surface area contributed by atoms with Gasteiger partial charge in [0.25, 0.3) is 27.7 Å². The van der Waals surface area contributed by atoms with Crippen LogP contribution in [0.1, 0.15) is 64.2 Å². The van der Waals surface area contributed by atoms with Crippen molar-refractivity contribution in [1.82, 2.24) is 19.6 Å². The Kier molecular flexibility index (Phi) is 7.56. The summed E-state index contributed by atoms with van der Waals surface area (Å²) in [7, 11) is -4.46. The van der Waals surface area contributed by atoms with Gasteiger partial charge in [0, 0.05) is 18.6 Å². The number of halogens is 2. The van der Waals surface area contributed by atoms with Gasteiger partial charge in [0.1, 0.15) is 11.0 Å². The van der Waals surface area contributed by atoms with Crippen molar-refractivity contribution in [3.8, 4) is 0 Å². The minimum Gasteiger partial charge on any atom is -0.350 e. The van der Waals surface area contributed by atoms with E-state index < -0.39 is 32.4 Å². The van der Waals surface area contributed by atoms with E-state index in [2.05, 4.69) is 9.97 Å². The van der Waals surface area contributed by atoms with Crippen LogP contribution in [-0.2, 0) is 10.0 Å². The molecule has 4 heterocycles. The topological polar surface area (TPSA) is 130 Å². The number of benzene rings is 1. The van der Waals surface area contributed by atoms with Crippen molar-refractivity contribution >= 4 is 45.2 Å². The number of anilines is 1. The average molecular weight is 600 g/mol. The van der Waals surface area contributed by atoms with E-state index in [9.17, 15) is 27.2 Å². The minimum atomic E-state index is -4.46. The van der Waals surface area contributed by atoms with E-state index in [1.54, 1.807) is 24.3 Å². The molecule has 2 aromatic heterocycles. The van der Waals surface area contributed by atoms with Gasteiger partial charge in [-0.2, -0.15) is 12.8 Å². The van der Waals surface area contributed by atoms with Crippen molar-refractivity contribution in [2.75, 3.05) is 18.0 Å². The Morgan fingerprint density at radius 3 is 2.39 bits per heavy atom. The number of imide groups is 1. The summed E-state index contributed by atoms with van der Waals surface area (Å²) in [5.74, 6) is -2.19. The predicted molar refractivity (Wildman–Crippen MR) is 149 cm³/mol. The minimum absolute atomic E-state index is 0.0193. The summed E-state index contributed by atoms with van der Waals surface area (Å²) in [6.45, 7) is 4.74. The molecule has 5 rings (SSSR count). The molecule has 214 valence electrons. The molecule has 1 N–H and O–H groups in total. The smallest absolute Gasteiger partial charge is 0.281 e. The molecule has 2 aliphatic rings. The summed E-state index contributed by atoms with van der Waals surface area (Å²) in [6.07, 6.45) is 2.01. The Balaban J connectivity index is 1.29. The van der Waals surface area contributed by atoms with Gasteiger partial charge in [-0.25, -0.2) is 14.7 Å². The maximum atomic E-state index is 13.5. The SMILES string of the molecule is CC1(C)CC(CCCN2C(=O)c3ccccc3C2=O)CN1c1nc(Cl)ccc1C(=O)NS(=O)(=O)c1cccc(F)n1. The molecule has 1 aromatic carbocycles. The maximum absolute atomic E-state index is 13.5. The van der Waals surface area contributed by atoms with Crippen molar-refractivity contribution in [2.45, 2.75) is 43.7 Å². The molecule has 3 aromatic rings. The van der Waals surface area contributed by atoms with Crippen LogP contribution in [0.25, 0.3) is 0 Å². The first kappa shape index (κ1) is 28.6. The van der Waals surface area contributed by atoms with E-state index in [0.717, 1.165) is 18.6 Å². The third-order valence-electron chi connectivity index (χ3n) is 7.37. The molecule has 1 fully saturated rings. The number of nitrogens with one attached hydrogen (secondary N) is 1. The molecule has 0 saturated carbocycles. The van der Waals surface area contributed by atoms with Crippen molar-refractivity contribution in [2.24, 2.45) is 5.92 Å². The van der Waals surface area contributed by atoms with Crippen LogP contribution in [0.2, 0.25) is 5.15 Å². The van der Waals surface area contributed by atoms with E-state index in [1.165, 1.54) is 23.1 Å². The summed E-state index contributed by atoms with van der Waals surface area (Å²) in [4.78, 5) is 49.5. The number of rotatable bonds is 8. The second kappa shape index (κ2) is 10.8. The number of carbonyl (C=O) groups excluding carboxylic acids is 3. The van der Waals surface area contributed by atoms with Gasteiger partial charge >= 0.3 is 0 Å². The van der Waals surface area contributed by atoms with Crippen molar-refractivity contribution in [3.63, 3.8) is 0 Å². The fourth-order valence-corrected chi connectivity index (χ4v) is 6.58. The van der Waals surface area contributed by atoms with Gasteiger partial charge in [-0.1, -0.05) is 29.8 Å². The van der Waals surface area contributed by atoms with Gasteiger partial charge in [0.15, 0.2) is 5.03 Å². The molecule has 1 unspecified atom stereocenters. The summed E-state index contributed by atoms with van der Waals surface area (Å²) in [5, 5.41) is -0.509. The van der Waals surface area contributed by atoms with Gasteiger partial charge in [0.05, 0.1) is 16.7 Å². The highest BCUT2D eigenvalue weighted by molar-refractivity contribution is 7.90. The molecule has 41 heavy (non-hydrogen) atoms. The number of sulfonamides is 1. The standard InChI is InChI=1S/C28H27ClFN5O5S/c1-28(2)15-17(7-6-14-34-26(37)18-8-3-4-9-19(18)27(34)38)16-35(28)24-20(12-13-21(29)31-24)25(36)33-41(39,40)23-11-5-10-22(30)32-23/h3-5,8-13,17H,6-7,14-16H2,1-2H3,(H,33,36). The van der Waals surface area contributed by atoms with E-state index in [-0.39, 0.29) is 34.3 Å². The molecule has 10 nitrogen and oxygen atoms in total. The van der Waals surface area contributed by atoms with Crippen LogP contribution in [0.15, 0.2) is 59.6 Å². The number of fused-ring (bicyclic) bond motifs is 1. The van der Waals surface area contributed by atoms with Gasteiger partial charge in [-0.15, -0.1) is 0 Å².